The molecular formula is C38H61N3O11. The van der Waals surface area contributed by atoms with E-state index in [2.05, 4.69) is 4.98 Å². The van der Waals surface area contributed by atoms with Crippen LogP contribution >= 0.6 is 0 Å². The highest BCUT2D eigenvalue weighted by molar-refractivity contribution is 5.72. The van der Waals surface area contributed by atoms with Crippen molar-refractivity contribution in [2.45, 2.75) is 127 Å². The predicted molar refractivity (Wildman–Crippen MR) is 193 cm³/mol. The molecule has 2 fully saturated rings. The van der Waals surface area contributed by atoms with Crippen molar-refractivity contribution in [1.82, 2.24) is 14.8 Å². The molecule has 0 aliphatic carbocycles. The van der Waals surface area contributed by atoms with Gasteiger partial charge >= 0.3 is 11.9 Å². The number of methoxy groups -OCH3 is 1. The number of hydrogen-bond donors (Lipinski definition) is 3. The van der Waals surface area contributed by atoms with Gasteiger partial charge in [-0.25, -0.2) is 0 Å². The van der Waals surface area contributed by atoms with Gasteiger partial charge in [-0.3, -0.25) is 14.6 Å². The van der Waals surface area contributed by atoms with Crippen LogP contribution in [0.25, 0.3) is 6.08 Å². The zero-order valence-electron chi connectivity index (χ0n) is 31.8. The molecule has 0 aromatic carbocycles. The number of likely N-dealkylation sites (N-methyl/N-ethyl adjacent to an activating group) is 2. The Balaban J connectivity index is 2.04. The van der Waals surface area contributed by atoms with Gasteiger partial charge in [0.25, 0.3) is 0 Å². The van der Waals surface area contributed by atoms with E-state index in [9.17, 15) is 29.7 Å². The lowest BCUT2D eigenvalue weighted by Crippen LogP contribution is -2.63. The van der Waals surface area contributed by atoms with Crippen LogP contribution in [0, 0.1) is 11.8 Å². The molecule has 3 rings (SSSR count). The van der Waals surface area contributed by atoms with E-state index in [1.807, 2.05) is 43.2 Å². The molecule has 0 amide bonds. The maximum Gasteiger partial charge on any atom is 0.309 e. The first-order valence-corrected chi connectivity index (χ1v) is 18.4. The molecule has 12 atom stereocenters. The number of β-amino-alcohol motifs (C(OH)–C–C–N with tert-alkyl or cyclic N) is 1. The van der Waals surface area contributed by atoms with Crippen molar-refractivity contribution in [3.05, 3.63) is 36.2 Å². The molecule has 14 heteroatoms. The Labute approximate surface area is 308 Å². The molecule has 52 heavy (non-hydrogen) atoms. The molecule has 0 radical (unpaired) electrons. The minimum atomic E-state index is -1.32. The Bertz CT molecular complexity index is 1250. The maximum absolute atomic E-state index is 13.7. The molecule has 0 spiro atoms. The van der Waals surface area contributed by atoms with Gasteiger partial charge in [-0.15, -0.1) is 0 Å². The van der Waals surface area contributed by atoms with Crippen LogP contribution in [0.15, 0.2) is 30.6 Å². The van der Waals surface area contributed by atoms with Crippen LogP contribution in [-0.4, -0.2) is 151 Å². The molecule has 294 valence electrons. The number of ether oxygens (including phenoxy) is 5. The molecule has 2 aliphatic rings. The third kappa shape index (κ3) is 12.9. The van der Waals surface area contributed by atoms with Gasteiger partial charge in [0.15, 0.2) is 6.29 Å². The van der Waals surface area contributed by atoms with Crippen LogP contribution in [0.2, 0.25) is 0 Å². The fourth-order valence-corrected chi connectivity index (χ4v) is 7.08. The second-order valence-electron chi connectivity index (χ2n) is 14.4. The lowest BCUT2D eigenvalue weighted by Gasteiger charge is -2.47. The van der Waals surface area contributed by atoms with E-state index in [4.69, 9.17) is 23.7 Å². The molecule has 3 unspecified atom stereocenters. The summed E-state index contributed by atoms with van der Waals surface area (Å²) in [5.74, 6) is -2.14. The van der Waals surface area contributed by atoms with Crippen molar-refractivity contribution in [3.63, 3.8) is 0 Å². The van der Waals surface area contributed by atoms with Crippen LogP contribution < -0.4 is 0 Å². The van der Waals surface area contributed by atoms with Gasteiger partial charge in [-0.2, -0.15) is 0 Å². The standard InChI is InChI=1S/C38H61N3O11/c1-8-31(44)51-30-21-32(45)50-28(14-9-12-26-13-10-17-39-22-26)15-11-18-41(6)23-29(43)24(2)20-27(16-19-42)36(37(30)48-7)52-38-35(47)33(40(4)5)34(46)25(3)49-38/h9-10,12-13,17,19,22,24-25,27-30,33-38,43,46-47H,8,11,14-16,18,20-21,23H2,1-7H3/t24-,25?,27+,28+,29+,30-,33?,34-,35?,36+,37+,38+/m1/s1. The molecule has 1 aromatic heterocycles. The number of pyridine rings is 1. The molecule has 14 nitrogen and oxygen atoms in total. The number of aliphatic hydroxyl groups is 3. The smallest absolute Gasteiger partial charge is 0.309 e. The number of hydrogen-bond acceptors (Lipinski definition) is 14. The summed E-state index contributed by atoms with van der Waals surface area (Å²) in [7, 11) is 6.75. The predicted octanol–water partition coefficient (Wildman–Crippen LogP) is 2.22. The monoisotopic (exact) mass is 735 g/mol. The summed E-state index contributed by atoms with van der Waals surface area (Å²) in [5, 5.41) is 33.6. The number of aliphatic hydroxyl groups excluding tert-OH is 3. The Morgan fingerprint density at radius 2 is 1.90 bits per heavy atom. The second-order valence-corrected chi connectivity index (χ2v) is 14.4. The number of aromatic nitrogens is 1. The largest absolute Gasteiger partial charge is 0.462 e. The molecular weight excluding hydrogens is 674 g/mol. The Morgan fingerprint density at radius 1 is 1.15 bits per heavy atom. The van der Waals surface area contributed by atoms with Gasteiger partial charge < -0.3 is 53.6 Å². The van der Waals surface area contributed by atoms with E-state index >= 15 is 0 Å². The highest BCUT2D eigenvalue weighted by Gasteiger charge is 2.48. The van der Waals surface area contributed by atoms with E-state index in [1.165, 1.54) is 7.11 Å². The average molecular weight is 736 g/mol. The first kappa shape index (κ1) is 43.6. The van der Waals surface area contributed by atoms with Crippen LogP contribution in [0.3, 0.4) is 0 Å². The molecule has 0 saturated carbocycles. The minimum absolute atomic E-state index is 0.0220. The number of cyclic esters (lactones) is 1. The van der Waals surface area contributed by atoms with Gasteiger partial charge in [-0.05, 0) is 77.3 Å². The van der Waals surface area contributed by atoms with Crippen molar-refractivity contribution in [2.24, 2.45) is 11.8 Å². The summed E-state index contributed by atoms with van der Waals surface area (Å²) in [6.07, 6.45) is 0.544. The van der Waals surface area contributed by atoms with Crippen LogP contribution in [0.4, 0.5) is 0 Å². The topological polar surface area (TPSA) is 177 Å². The van der Waals surface area contributed by atoms with Crippen molar-refractivity contribution >= 4 is 24.3 Å². The van der Waals surface area contributed by atoms with Crippen LogP contribution in [0.5, 0.6) is 0 Å². The lowest BCUT2D eigenvalue weighted by molar-refractivity contribution is -0.310. The van der Waals surface area contributed by atoms with E-state index in [-0.39, 0.29) is 25.2 Å². The summed E-state index contributed by atoms with van der Waals surface area (Å²) in [6, 6.07) is 3.00. The van der Waals surface area contributed by atoms with Gasteiger partial charge in [0.05, 0.1) is 36.9 Å². The minimum Gasteiger partial charge on any atom is -0.462 e. The quantitative estimate of drug-likeness (QED) is 0.223. The molecule has 1 aromatic rings. The highest BCUT2D eigenvalue weighted by Crippen LogP contribution is 2.34. The molecule has 3 heterocycles. The van der Waals surface area contributed by atoms with Crippen molar-refractivity contribution in [3.8, 4) is 0 Å². The van der Waals surface area contributed by atoms with Gasteiger partial charge in [-0.1, -0.05) is 32.1 Å². The van der Waals surface area contributed by atoms with Gasteiger partial charge in [0.1, 0.15) is 30.7 Å². The maximum atomic E-state index is 13.7. The average Bonchev–Trinajstić information content (AvgIpc) is 3.09. The molecule has 2 aliphatic heterocycles. The van der Waals surface area contributed by atoms with Crippen molar-refractivity contribution in [1.29, 1.82) is 0 Å². The van der Waals surface area contributed by atoms with E-state index in [1.54, 1.807) is 45.2 Å². The van der Waals surface area contributed by atoms with E-state index in [0.717, 1.165) is 11.8 Å². The Morgan fingerprint density at radius 3 is 2.54 bits per heavy atom. The van der Waals surface area contributed by atoms with Crippen molar-refractivity contribution < 1.29 is 53.4 Å². The fourth-order valence-electron chi connectivity index (χ4n) is 7.08. The summed E-state index contributed by atoms with van der Waals surface area (Å²) >= 11 is 0. The number of nitrogens with zero attached hydrogens (tertiary/aromatic N) is 3. The summed E-state index contributed by atoms with van der Waals surface area (Å²) in [4.78, 5) is 46.6. The Hall–Kier alpha value is -2.82. The number of aldehydes is 1. The number of carbonyl (C=O) groups is 3. The van der Waals surface area contributed by atoms with Crippen LogP contribution in [0.1, 0.15) is 71.3 Å². The first-order chi connectivity index (χ1) is 24.8. The molecule has 3 N–H and O–H groups in total. The van der Waals surface area contributed by atoms with Gasteiger partial charge in [0.2, 0.25) is 0 Å². The van der Waals surface area contributed by atoms with E-state index in [0.29, 0.717) is 38.8 Å². The third-order valence-corrected chi connectivity index (χ3v) is 10.0. The van der Waals surface area contributed by atoms with Crippen LogP contribution in [-0.2, 0) is 38.1 Å². The summed E-state index contributed by atoms with van der Waals surface area (Å²) < 4.78 is 30.5. The summed E-state index contributed by atoms with van der Waals surface area (Å²) in [6.45, 7) is 6.19. The molecule has 2 saturated heterocycles. The van der Waals surface area contributed by atoms with E-state index < -0.39 is 79.0 Å². The Kier molecular flexibility index (Phi) is 18.3. The number of esters is 2. The normalized spacial score (nSPS) is 34.9. The first-order valence-electron chi connectivity index (χ1n) is 18.4. The zero-order chi connectivity index (χ0) is 38.4. The number of rotatable bonds is 11. The van der Waals surface area contributed by atoms with Crippen molar-refractivity contribution in [2.75, 3.05) is 41.3 Å². The summed E-state index contributed by atoms with van der Waals surface area (Å²) in [5.41, 5.74) is 0.906. The SMILES string of the molecule is CCC(=O)O[C@@H]1CC(=O)O[C@@H](CC=Cc2cccnc2)CCCN(C)C[C@H](O)[C@H](C)C[C@H](CC=O)[C@H](O[C@@H]2OC(C)[C@@H](O)C(N(C)C)C2O)[C@H]1OC. The van der Waals surface area contributed by atoms with Gasteiger partial charge in [0, 0.05) is 45.3 Å². The molecule has 0 bridgehead atoms. The fraction of sp³-hybridized carbons (Fsp3) is 0.737. The third-order valence-electron chi connectivity index (χ3n) is 10.0. The second kappa shape index (κ2) is 21.8. The number of carbonyl (C=O) groups excluding carboxylic acids is 3. The highest BCUT2D eigenvalue weighted by atomic mass is 16.7. The lowest BCUT2D eigenvalue weighted by atomic mass is 9.82. The zero-order valence-corrected chi connectivity index (χ0v) is 31.8.